The summed E-state index contributed by atoms with van der Waals surface area (Å²) < 4.78 is 5.12. The molecule has 0 atom stereocenters. The van der Waals surface area contributed by atoms with E-state index in [-0.39, 0.29) is 6.54 Å². The molecule has 0 fully saturated rings. The number of fused-ring (bicyclic) bond motifs is 1. The molecule has 1 heterocycles. The molecule has 0 aliphatic rings. The van der Waals surface area contributed by atoms with Gasteiger partial charge in [-0.2, -0.15) is 0 Å². The van der Waals surface area contributed by atoms with E-state index in [4.69, 9.17) is 27.6 Å². The summed E-state index contributed by atoms with van der Waals surface area (Å²) in [6.07, 6.45) is 0. The molecule has 0 aliphatic carbocycles. The SMILES string of the molecule is Cc1ccc2c(CNC(=O)C(Cl)Cl)cc(=O)oc2c1. The lowest BCUT2D eigenvalue weighted by Crippen LogP contribution is -2.28. The van der Waals surface area contributed by atoms with Crippen LogP contribution in [0.1, 0.15) is 11.1 Å². The van der Waals surface area contributed by atoms with Gasteiger partial charge in [0, 0.05) is 18.0 Å². The summed E-state index contributed by atoms with van der Waals surface area (Å²) in [5.41, 5.74) is 1.67. The van der Waals surface area contributed by atoms with E-state index in [0.717, 1.165) is 10.9 Å². The van der Waals surface area contributed by atoms with Crippen LogP contribution in [-0.2, 0) is 11.3 Å². The third kappa shape index (κ3) is 3.28. The van der Waals surface area contributed by atoms with Crippen molar-refractivity contribution < 1.29 is 9.21 Å². The van der Waals surface area contributed by atoms with Gasteiger partial charge in [-0.05, 0) is 24.1 Å². The Balaban J connectivity index is 2.37. The Hall–Kier alpha value is -1.52. The van der Waals surface area contributed by atoms with Crippen LogP contribution in [0.2, 0.25) is 0 Å². The standard InChI is InChI=1S/C13H11Cl2NO3/c1-7-2-3-9-8(6-16-13(18)12(14)15)5-11(17)19-10(9)4-7/h2-5,12H,6H2,1H3,(H,16,18). The van der Waals surface area contributed by atoms with Crippen molar-refractivity contribution in [2.75, 3.05) is 0 Å². The lowest BCUT2D eigenvalue weighted by atomic mass is 10.1. The van der Waals surface area contributed by atoms with Crippen LogP contribution < -0.4 is 10.9 Å². The molecule has 1 aromatic carbocycles. The molecular weight excluding hydrogens is 289 g/mol. The highest BCUT2D eigenvalue weighted by molar-refractivity contribution is 6.53. The van der Waals surface area contributed by atoms with Gasteiger partial charge < -0.3 is 9.73 Å². The van der Waals surface area contributed by atoms with Crippen molar-refractivity contribution in [1.29, 1.82) is 0 Å². The zero-order valence-electron chi connectivity index (χ0n) is 10.1. The van der Waals surface area contributed by atoms with E-state index in [1.807, 2.05) is 19.1 Å². The first-order valence-corrected chi connectivity index (χ1v) is 6.44. The molecule has 6 heteroatoms. The highest BCUT2D eigenvalue weighted by Gasteiger charge is 2.12. The summed E-state index contributed by atoms with van der Waals surface area (Å²) in [7, 11) is 0. The summed E-state index contributed by atoms with van der Waals surface area (Å²) in [4.78, 5) is 21.6. The summed E-state index contributed by atoms with van der Waals surface area (Å²) in [5.74, 6) is -0.503. The lowest BCUT2D eigenvalue weighted by Gasteiger charge is -2.08. The topological polar surface area (TPSA) is 59.3 Å². The lowest BCUT2D eigenvalue weighted by molar-refractivity contribution is -0.119. The van der Waals surface area contributed by atoms with Crippen LogP contribution in [-0.4, -0.2) is 10.7 Å². The van der Waals surface area contributed by atoms with Crippen LogP contribution in [0.4, 0.5) is 0 Å². The number of alkyl halides is 2. The zero-order valence-corrected chi connectivity index (χ0v) is 11.6. The van der Waals surface area contributed by atoms with Gasteiger partial charge in [-0.15, -0.1) is 0 Å². The van der Waals surface area contributed by atoms with E-state index in [2.05, 4.69) is 5.32 Å². The predicted molar refractivity (Wildman–Crippen MR) is 74.6 cm³/mol. The van der Waals surface area contributed by atoms with E-state index < -0.39 is 16.4 Å². The Morgan fingerprint density at radius 1 is 1.37 bits per heavy atom. The Bertz CT molecular complexity index is 679. The highest BCUT2D eigenvalue weighted by Crippen LogP contribution is 2.18. The van der Waals surface area contributed by atoms with Gasteiger partial charge in [0.1, 0.15) is 5.58 Å². The van der Waals surface area contributed by atoms with Crippen molar-refractivity contribution in [1.82, 2.24) is 5.32 Å². The van der Waals surface area contributed by atoms with Crippen molar-refractivity contribution in [2.24, 2.45) is 0 Å². The van der Waals surface area contributed by atoms with Gasteiger partial charge in [-0.25, -0.2) is 4.79 Å². The minimum absolute atomic E-state index is 0.167. The van der Waals surface area contributed by atoms with E-state index >= 15 is 0 Å². The average Bonchev–Trinajstić information content (AvgIpc) is 2.34. The molecule has 0 radical (unpaired) electrons. The fourth-order valence-corrected chi connectivity index (χ4v) is 1.90. The second-order valence-corrected chi connectivity index (χ2v) is 5.21. The molecule has 2 rings (SSSR count). The molecule has 100 valence electrons. The van der Waals surface area contributed by atoms with Gasteiger partial charge in [-0.1, -0.05) is 35.3 Å². The van der Waals surface area contributed by atoms with Crippen molar-refractivity contribution in [2.45, 2.75) is 18.3 Å². The summed E-state index contributed by atoms with van der Waals surface area (Å²) >= 11 is 10.9. The number of rotatable bonds is 3. The van der Waals surface area contributed by atoms with Gasteiger partial charge in [-0.3, -0.25) is 4.79 Å². The van der Waals surface area contributed by atoms with E-state index in [9.17, 15) is 9.59 Å². The quantitative estimate of drug-likeness (QED) is 0.700. The van der Waals surface area contributed by atoms with Gasteiger partial charge in [0.05, 0.1) is 0 Å². The fraction of sp³-hybridized carbons (Fsp3) is 0.231. The van der Waals surface area contributed by atoms with Crippen LogP contribution in [0.5, 0.6) is 0 Å². The van der Waals surface area contributed by atoms with Crippen molar-refractivity contribution in [3.63, 3.8) is 0 Å². The monoisotopic (exact) mass is 299 g/mol. The number of benzene rings is 1. The smallest absolute Gasteiger partial charge is 0.336 e. The molecule has 0 aliphatic heterocycles. The number of carbonyl (C=O) groups is 1. The molecule has 0 bridgehead atoms. The first-order valence-electron chi connectivity index (χ1n) is 5.56. The number of nitrogens with one attached hydrogen (secondary N) is 1. The Morgan fingerprint density at radius 2 is 2.11 bits per heavy atom. The van der Waals surface area contributed by atoms with E-state index in [0.29, 0.717) is 11.1 Å². The zero-order chi connectivity index (χ0) is 14.0. The van der Waals surface area contributed by atoms with Crippen LogP contribution in [0, 0.1) is 6.92 Å². The summed E-state index contributed by atoms with van der Waals surface area (Å²) in [6, 6.07) is 6.86. The number of aryl methyl sites for hydroxylation is 1. The summed E-state index contributed by atoms with van der Waals surface area (Å²) in [5, 5.41) is 3.32. The average molecular weight is 300 g/mol. The minimum atomic E-state index is -1.13. The van der Waals surface area contributed by atoms with Crippen LogP contribution in [0.15, 0.2) is 33.5 Å². The largest absolute Gasteiger partial charge is 0.423 e. The molecule has 0 saturated carbocycles. The molecule has 19 heavy (non-hydrogen) atoms. The maximum atomic E-state index is 11.5. The first kappa shape index (κ1) is 13.9. The predicted octanol–water partition coefficient (Wildman–Crippen LogP) is 2.52. The van der Waals surface area contributed by atoms with Crippen molar-refractivity contribution in [3.8, 4) is 0 Å². The van der Waals surface area contributed by atoms with Crippen LogP contribution in [0.25, 0.3) is 11.0 Å². The van der Waals surface area contributed by atoms with Gasteiger partial charge >= 0.3 is 5.63 Å². The molecule has 1 N–H and O–H groups in total. The van der Waals surface area contributed by atoms with Gasteiger partial charge in [0.25, 0.3) is 5.91 Å². The molecule has 0 spiro atoms. The van der Waals surface area contributed by atoms with Gasteiger partial charge in [0.15, 0.2) is 4.84 Å². The van der Waals surface area contributed by atoms with Gasteiger partial charge in [0.2, 0.25) is 0 Å². The second kappa shape index (κ2) is 5.63. The normalized spacial score (nSPS) is 10.9. The Kier molecular flexibility index (Phi) is 4.12. The minimum Gasteiger partial charge on any atom is -0.423 e. The fourth-order valence-electron chi connectivity index (χ4n) is 1.74. The highest BCUT2D eigenvalue weighted by atomic mass is 35.5. The maximum absolute atomic E-state index is 11.5. The molecule has 0 saturated heterocycles. The maximum Gasteiger partial charge on any atom is 0.336 e. The van der Waals surface area contributed by atoms with Crippen LogP contribution in [0.3, 0.4) is 0 Å². The Morgan fingerprint density at radius 3 is 2.79 bits per heavy atom. The number of hydrogen-bond donors (Lipinski definition) is 1. The molecule has 4 nitrogen and oxygen atoms in total. The number of carbonyl (C=O) groups excluding carboxylic acids is 1. The van der Waals surface area contributed by atoms with E-state index in [1.54, 1.807) is 6.07 Å². The summed E-state index contributed by atoms with van der Waals surface area (Å²) in [6.45, 7) is 2.07. The Labute approximate surface area is 119 Å². The number of halogens is 2. The van der Waals surface area contributed by atoms with Crippen LogP contribution >= 0.6 is 23.2 Å². The number of hydrogen-bond acceptors (Lipinski definition) is 3. The third-order valence-corrected chi connectivity index (χ3v) is 3.03. The molecular formula is C13H11Cl2NO3. The van der Waals surface area contributed by atoms with Crippen molar-refractivity contribution >= 4 is 40.1 Å². The number of amides is 1. The molecule has 2 aromatic rings. The van der Waals surface area contributed by atoms with Crippen molar-refractivity contribution in [3.05, 3.63) is 45.8 Å². The van der Waals surface area contributed by atoms with E-state index in [1.165, 1.54) is 6.07 Å². The molecule has 0 unspecified atom stereocenters. The molecule has 1 amide bonds. The molecule has 1 aromatic heterocycles. The third-order valence-electron chi connectivity index (χ3n) is 2.64. The second-order valence-electron chi connectivity index (χ2n) is 4.11. The first-order chi connectivity index (χ1) is 8.97.